The van der Waals surface area contributed by atoms with Crippen LogP contribution < -0.4 is 4.72 Å². The standard InChI is InChI=1S/C20H20N2O4S2/c1-27(23,24)22-12-11-15-9-10-18(13-17(15)14-22)21-28(25,26)20-8-4-6-16-5-2-3-7-19(16)20/h2-10,13,21H,11-12,14H2,1H3. The highest BCUT2D eigenvalue weighted by Crippen LogP contribution is 2.28. The number of rotatable bonds is 4. The lowest BCUT2D eigenvalue weighted by Gasteiger charge is -2.27. The van der Waals surface area contributed by atoms with Gasteiger partial charge in [0.15, 0.2) is 0 Å². The van der Waals surface area contributed by atoms with Crippen LogP contribution in [-0.2, 0) is 33.0 Å². The van der Waals surface area contributed by atoms with Crippen molar-refractivity contribution in [3.63, 3.8) is 0 Å². The minimum Gasteiger partial charge on any atom is -0.280 e. The second kappa shape index (κ2) is 6.88. The molecule has 3 aromatic carbocycles. The fourth-order valence-electron chi connectivity index (χ4n) is 3.52. The molecule has 3 aromatic rings. The van der Waals surface area contributed by atoms with Gasteiger partial charge in [-0.15, -0.1) is 0 Å². The lowest BCUT2D eigenvalue weighted by Crippen LogP contribution is -2.35. The quantitative estimate of drug-likeness (QED) is 0.709. The van der Waals surface area contributed by atoms with Crippen LogP contribution in [-0.4, -0.2) is 33.9 Å². The number of nitrogens with zero attached hydrogens (tertiary/aromatic N) is 1. The number of nitrogens with one attached hydrogen (secondary N) is 1. The van der Waals surface area contributed by atoms with Crippen LogP contribution in [0.1, 0.15) is 11.1 Å². The summed E-state index contributed by atoms with van der Waals surface area (Å²) in [6.07, 6.45) is 1.80. The van der Waals surface area contributed by atoms with Gasteiger partial charge in [-0.05, 0) is 41.1 Å². The van der Waals surface area contributed by atoms with Crippen molar-refractivity contribution in [2.45, 2.75) is 17.9 Å². The van der Waals surface area contributed by atoms with Crippen molar-refractivity contribution in [3.8, 4) is 0 Å². The zero-order valence-corrected chi connectivity index (χ0v) is 16.9. The monoisotopic (exact) mass is 416 g/mol. The number of benzene rings is 3. The maximum absolute atomic E-state index is 13.0. The molecule has 6 nitrogen and oxygen atoms in total. The van der Waals surface area contributed by atoms with Crippen molar-refractivity contribution >= 4 is 36.5 Å². The van der Waals surface area contributed by atoms with Crippen LogP contribution in [0.25, 0.3) is 10.8 Å². The van der Waals surface area contributed by atoms with E-state index in [9.17, 15) is 16.8 Å². The molecule has 0 bridgehead atoms. The van der Waals surface area contributed by atoms with Crippen LogP contribution in [0.15, 0.2) is 65.6 Å². The molecule has 0 unspecified atom stereocenters. The second-order valence-corrected chi connectivity index (χ2v) is 10.5. The first-order valence-corrected chi connectivity index (χ1v) is 12.1. The summed E-state index contributed by atoms with van der Waals surface area (Å²) in [5, 5.41) is 1.50. The largest absolute Gasteiger partial charge is 0.280 e. The van der Waals surface area contributed by atoms with Gasteiger partial charge in [0, 0.05) is 24.2 Å². The summed E-state index contributed by atoms with van der Waals surface area (Å²) in [6, 6.07) is 17.8. The van der Waals surface area contributed by atoms with Gasteiger partial charge >= 0.3 is 0 Å². The molecule has 0 radical (unpaired) electrons. The van der Waals surface area contributed by atoms with Crippen molar-refractivity contribution in [2.75, 3.05) is 17.5 Å². The molecule has 1 N–H and O–H groups in total. The van der Waals surface area contributed by atoms with Gasteiger partial charge < -0.3 is 0 Å². The van der Waals surface area contributed by atoms with E-state index in [2.05, 4.69) is 4.72 Å². The summed E-state index contributed by atoms with van der Waals surface area (Å²) in [5.41, 5.74) is 2.27. The molecule has 0 spiro atoms. The number of hydrogen-bond acceptors (Lipinski definition) is 4. The molecule has 1 aliphatic heterocycles. The summed E-state index contributed by atoms with van der Waals surface area (Å²) in [4.78, 5) is 0.209. The molecule has 0 atom stereocenters. The lowest BCUT2D eigenvalue weighted by molar-refractivity contribution is 0.395. The van der Waals surface area contributed by atoms with E-state index in [4.69, 9.17) is 0 Å². The predicted octanol–water partition coefficient (Wildman–Crippen LogP) is 2.96. The summed E-state index contributed by atoms with van der Waals surface area (Å²) in [7, 11) is -7.08. The molecule has 28 heavy (non-hydrogen) atoms. The molecule has 0 aliphatic carbocycles. The summed E-state index contributed by atoms with van der Waals surface area (Å²) < 4.78 is 53.7. The number of sulfonamides is 2. The summed E-state index contributed by atoms with van der Waals surface area (Å²) in [6.45, 7) is 0.685. The molecular formula is C20H20N2O4S2. The van der Waals surface area contributed by atoms with E-state index < -0.39 is 20.0 Å². The van der Waals surface area contributed by atoms with Gasteiger partial charge in [0.2, 0.25) is 10.0 Å². The fourth-order valence-corrected chi connectivity index (χ4v) is 5.59. The third-order valence-electron chi connectivity index (χ3n) is 4.94. The van der Waals surface area contributed by atoms with Crippen LogP contribution in [0.2, 0.25) is 0 Å². The molecule has 0 fully saturated rings. The van der Waals surface area contributed by atoms with E-state index >= 15 is 0 Å². The van der Waals surface area contributed by atoms with Crippen LogP contribution >= 0.6 is 0 Å². The van der Waals surface area contributed by atoms with E-state index in [0.29, 0.717) is 24.0 Å². The van der Waals surface area contributed by atoms with Gasteiger partial charge in [-0.25, -0.2) is 16.8 Å². The molecular weight excluding hydrogens is 396 g/mol. The summed E-state index contributed by atoms with van der Waals surface area (Å²) in [5.74, 6) is 0. The third kappa shape index (κ3) is 3.63. The Balaban J connectivity index is 1.68. The number of hydrogen-bond donors (Lipinski definition) is 1. The van der Waals surface area contributed by atoms with E-state index in [1.165, 1.54) is 10.6 Å². The fraction of sp³-hybridized carbons (Fsp3) is 0.200. The molecule has 0 aromatic heterocycles. The Morgan fingerprint density at radius 1 is 0.893 bits per heavy atom. The first-order valence-electron chi connectivity index (χ1n) is 8.81. The Morgan fingerprint density at radius 2 is 1.64 bits per heavy atom. The van der Waals surface area contributed by atoms with Crippen LogP contribution in [0.3, 0.4) is 0 Å². The van der Waals surface area contributed by atoms with Gasteiger partial charge in [-0.1, -0.05) is 42.5 Å². The molecule has 1 heterocycles. The Labute approximate surface area is 164 Å². The molecule has 0 amide bonds. The Bertz CT molecular complexity index is 1260. The molecule has 0 saturated carbocycles. The average Bonchev–Trinajstić information content (AvgIpc) is 2.66. The SMILES string of the molecule is CS(=O)(=O)N1CCc2ccc(NS(=O)(=O)c3cccc4ccccc34)cc2C1. The van der Waals surface area contributed by atoms with Crippen molar-refractivity contribution in [2.24, 2.45) is 0 Å². The first-order chi connectivity index (χ1) is 13.2. The minimum absolute atomic E-state index is 0.209. The minimum atomic E-state index is -3.79. The van der Waals surface area contributed by atoms with Crippen LogP contribution in [0.5, 0.6) is 0 Å². The normalized spacial score (nSPS) is 15.3. The van der Waals surface area contributed by atoms with E-state index in [-0.39, 0.29) is 11.4 Å². The van der Waals surface area contributed by atoms with Crippen LogP contribution in [0, 0.1) is 0 Å². The van der Waals surface area contributed by atoms with Gasteiger partial charge in [0.05, 0.1) is 11.2 Å². The highest BCUT2D eigenvalue weighted by atomic mass is 32.2. The number of anilines is 1. The molecule has 0 saturated heterocycles. The zero-order valence-electron chi connectivity index (χ0n) is 15.3. The maximum Gasteiger partial charge on any atom is 0.262 e. The molecule has 146 valence electrons. The van der Waals surface area contributed by atoms with Gasteiger partial charge in [-0.3, -0.25) is 4.72 Å². The van der Waals surface area contributed by atoms with E-state index in [1.54, 1.807) is 36.4 Å². The smallest absolute Gasteiger partial charge is 0.262 e. The maximum atomic E-state index is 13.0. The summed E-state index contributed by atoms with van der Waals surface area (Å²) >= 11 is 0. The Hall–Kier alpha value is -2.42. The first kappa shape index (κ1) is 18.9. The molecule has 8 heteroatoms. The number of fused-ring (bicyclic) bond motifs is 2. The molecule has 1 aliphatic rings. The van der Waals surface area contributed by atoms with Crippen molar-refractivity contribution in [3.05, 3.63) is 71.8 Å². The van der Waals surface area contributed by atoms with Gasteiger partial charge in [-0.2, -0.15) is 4.31 Å². The van der Waals surface area contributed by atoms with Gasteiger partial charge in [0.1, 0.15) is 0 Å². The van der Waals surface area contributed by atoms with Crippen LogP contribution in [0.4, 0.5) is 5.69 Å². The zero-order chi connectivity index (χ0) is 19.9. The van der Waals surface area contributed by atoms with Crippen molar-refractivity contribution in [1.29, 1.82) is 0 Å². The Kier molecular flexibility index (Phi) is 4.65. The highest BCUT2D eigenvalue weighted by molar-refractivity contribution is 7.93. The van der Waals surface area contributed by atoms with Crippen molar-refractivity contribution < 1.29 is 16.8 Å². The highest BCUT2D eigenvalue weighted by Gasteiger charge is 2.24. The van der Waals surface area contributed by atoms with Gasteiger partial charge in [0.25, 0.3) is 10.0 Å². The van der Waals surface area contributed by atoms with E-state index in [0.717, 1.165) is 16.5 Å². The molecule has 4 rings (SSSR count). The van der Waals surface area contributed by atoms with Crippen molar-refractivity contribution in [1.82, 2.24) is 4.31 Å². The van der Waals surface area contributed by atoms with E-state index in [1.807, 2.05) is 24.3 Å². The average molecular weight is 417 g/mol. The lowest BCUT2D eigenvalue weighted by atomic mass is 10.0. The topological polar surface area (TPSA) is 83.6 Å². The second-order valence-electron chi connectivity index (χ2n) is 6.91. The predicted molar refractivity (Wildman–Crippen MR) is 110 cm³/mol. The Morgan fingerprint density at radius 3 is 2.43 bits per heavy atom. The third-order valence-corrected chi connectivity index (χ3v) is 7.63.